The lowest BCUT2D eigenvalue weighted by atomic mass is 9.87. The quantitative estimate of drug-likeness (QED) is 0.831. The highest BCUT2D eigenvalue weighted by atomic mass is 16.2. The number of nitrogens with zero attached hydrogens (tertiary/aromatic N) is 1. The van der Waals surface area contributed by atoms with Gasteiger partial charge in [-0.3, -0.25) is 9.78 Å². The number of aryl methyl sites for hydroxylation is 1. The molecule has 0 aromatic carbocycles. The third-order valence-electron chi connectivity index (χ3n) is 2.65. The molecule has 0 fully saturated rings. The van der Waals surface area contributed by atoms with E-state index in [4.69, 9.17) is 5.73 Å². The fraction of sp³-hybridized carbons (Fsp3) is 0.538. The Morgan fingerprint density at radius 3 is 2.59 bits per heavy atom. The molecular weight excluding hydrogens is 214 g/mol. The highest BCUT2D eigenvalue weighted by molar-refractivity contribution is 5.82. The van der Waals surface area contributed by atoms with Crippen LogP contribution in [0.4, 0.5) is 0 Å². The zero-order valence-electron chi connectivity index (χ0n) is 10.9. The second kappa shape index (κ2) is 5.27. The Morgan fingerprint density at radius 2 is 2.12 bits per heavy atom. The average molecular weight is 235 g/mol. The van der Waals surface area contributed by atoms with Crippen LogP contribution >= 0.6 is 0 Å². The maximum Gasteiger partial charge on any atom is 0.237 e. The van der Waals surface area contributed by atoms with Crippen molar-refractivity contribution in [2.45, 2.75) is 40.3 Å². The van der Waals surface area contributed by atoms with Crippen molar-refractivity contribution in [3.05, 3.63) is 29.6 Å². The molecule has 0 aliphatic carbocycles. The summed E-state index contributed by atoms with van der Waals surface area (Å²) in [5.74, 6) is -0.127. The number of hydrogen-bond acceptors (Lipinski definition) is 3. The van der Waals surface area contributed by atoms with Crippen LogP contribution in [0.15, 0.2) is 18.3 Å². The van der Waals surface area contributed by atoms with Gasteiger partial charge in [0.2, 0.25) is 5.91 Å². The monoisotopic (exact) mass is 235 g/mol. The molecule has 17 heavy (non-hydrogen) atoms. The standard InChI is InChI=1S/C13H21N3O/c1-9-5-6-10(7-15-9)8-16-12(17)11(14)13(2,3)4/h5-7,11H,8,14H2,1-4H3,(H,16,17)/t11-/m1/s1. The van der Waals surface area contributed by atoms with E-state index in [1.807, 2.05) is 39.8 Å². The van der Waals surface area contributed by atoms with Gasteiger partial charge in [0.05, 0.1) is 6.04 Å². The van der Waals surface area contributed by atoms with Gasteiger partial charge in [-0.05, 0) is 24.0 Å². The summed E-state index contributed by atoms with van der Waals surface area (Å²) in [7, 11) is 0. The summed E-state index contributed by atoms with van der Waals surface area (Å²) in [6.45, 7) is 8.24. The summed E-state index contributed by atoms with van der Waals surface area (Å²) in [4.78, 5) is 15.9. The second-order valence-corrected chi connectivity index (χ2v) is 5.37. The zero-order chi connectivity index (χ0) is 13.1. The molecule has 1 heterocycles. The first-order valence-corrected chi connectivity index (χ1v) is 5.75. The van der Waals surface area contributed by atoms with Crippen LogP contribution in [0, 0.1) is 12.3 Å². The first-order valence-electron chi connectivity index (χ1n) is 5.75. The molecule has 1 aromatic heterocycles. The maximum absolute atomic E-state index is 11.8. The van der Waals surface area contributed by atoms with Crippen molar-refractivity contribution < 1.29 is 4.79 Å². The van der Waals surface area contributed by atoms with Crippen LogP contribution in [-0.4, -0.2) is 16.9 Å². The van der Waals surface area contributed by atoms with Crippen LogP contribution in [0.5, 0.6) is 0 Å². The van der Waals surface area contributed by atoms with Crippen molar-refractivity contribution in [1.29, 1.82) is 0 Å². The minimum atomic E-state index is -0.499. The molecule has 0 aliphatic heterocycles. The van der Waals surface area contributed by atoms with Crippen LogP contribution < -0.4 is 11.1 Å². The number of aromatic nitrogens is 1. The molecule has 1 atom stereocenters. The molecule has 1 rings (SSSR count). The van der Waals surface area contributed by atoms with Crippen LogP contribution in [0.25, 0.3) is 0 Å². The lowest BCUT2D eigenvalue weighted by molar-refractivity contribution is -0.124. The van der Waals surface area contributed by atoms with Crippen molar-refractivity contribution in [2.75, 3.05) is 0 Å². The van der Waals surface area contributed by atoms with Crippen molar-refractivity contribution in [3.8, 4) is 0 Å². The molecule has 0 saturated heterocycles. The molecule has 0 saturated carbocycles. The molecular formula is C13H21N3O. The molecule has 94 valence electrons. The van der Waals surface area contributed by atoms with Gasteiger partial charge in [0.25, 0.3) is 0 Å². The van der Waals surface area contributed by atoms with Gasteiger partial charge in [-0.15, -0.1) is 0 Å². The third-order valence-corrected chi connectivity index (χ3v) is 2.65. The Labute approximate surface area is 103 Å². The van der Waals surface area contributed by atoms with Gasteiger partial charge in [0.1, 0.15) is 0 Å². The molecule has 0 unspecified atom stereocenters. The molecule has 0 aliphatic rings. The Bertz CT molecular complexity index is 379. The number of pyridine rings is 1. The molecule has 0 spiro atoms. The molecule has 4 heteroatoms. The predicted molar refractivity (Wildman–Crippen MR) is 68.3 cm³/mol. The van der Waals surface area contributed by atoms with Gasteiger partial charge in [-0.25, -0.2) is 0 Å². The Hall–Kier alpha value is -1.42. The summed E-state index contributed by atoms with van der Waals surface area (Å²) >= 11 is 0. The molecule has 4 nitrogen and oxygen atoms in total. The van der Waals surface area contributed by atoms with E-state index in [1.165, 1.54) is 0 Å². The maximum atomic E-state index is 11.8. The minimum Gasteiger partial charge on any atom is -0.351 e. The molecule has 1 aromatic rings. The summed E-state index contributed by atoms with van der Waals surface area (Å²) in [6, 6.07) is 3.37. The largest absolute Gasteiger partial charge is 0.351 e. The van der Waals surface area contributed by atoms with Crippen LogP contribution in [0.1, 0.15) is 32.0 Å². The molecule has 1 amide bonds. The molecule has 0 bridgehead atoms. The van der Waals surface area contributed by atoms with Crippen molar-refractivity contribution in [2.24, 2.45) is 11.1 Å². The van der Waals surface area contributed by atoms with E-state index in [0.717, 1.165) is 11.3 Å². The van der Waals surface area contributed by atoms with Gasteiger partial charge < -0.3 is 11.1 Å². The fourth-order valence-corrected chi connectivity index (χ4v) is 1.30. The SMILES string of the molecule is Cc1ccc(CNC(=O)[C@@H](N)C(C)(C)C)cn1. The van der Waals surface area contributed by atoms with Crippen molar-refractivity contribution in [3.63, 3.8) is 0 Å². The lowest BCUT2D eigenvalue weighted by Gasteiger charge is -2.25. The Morgan fingerprint density at radius 1 is 1.47 bits per heavy atom. The van der Waals surface area contributed by atoms with Crippen molar-refractivity contribution >= 4 is 5.91 Å². The van der Waals surface area contributed by atoms with Gasteiger partial charge in [-0.2, -0.15) is 0 Å². The number of hydrogen-bond donors (Lipinski definition) is 2. The van der Waals surface area contributed by atoms with E-state index < -0.39 is 6.04 Å². The van der Waals surface area contributed by atoms with Gasteiger partial charge in [0, 0.05) is 18.4 Å². The first kappa shape index (κ1) is 13.6. The minimum absolute atomic E-state index is 0.127. The van der Waals surface area contributed by atoms with E-state index in [2.05, 4.69) is 10.3 Å². The van der Waals surface area contributed by atoms with Crippen molar-refractivity contribution in [1.82, 2.24) is 10.3 Å². The van der Waals surface area contributed by atoms with E-state index in [0.29, 0.717) is 6.54 Å². The van der Waals surface area contributed by atoms with Crippen LogP contribution in [0.2, 0.25) is 0 Å². The average Bonchev–Trinajstić information content (AvgIpc) is 2.25. The van der Waals surface area contributed by atoms with Gasteiger partial charge in [-0.1, -0.05) is 26.8 Å². The Balaban J connectivity index is 2.51. The van der Waals surface area contributed by atoms with Gasteiger partial charge in [0.15, 0.2) is 0 Å². The smallest absolute Gasteiger partial charge is 0.237 e. The normalized spacial score (nSPS) is 13.2. The highest BCUT2D eigenvalue weighted by Crippen LogP contribution is 2.17. The number of rotatable bonds is 3. The van der Waals surface area contributed by atoms with E-state index in [-0.39, 0.29) is 11.3 Å². The fourth-order valence-electron chi connectivity index (χ4n) is 1.30. The number of amides is 1. The first-order chi connectivity index (χ1) is 7.80. The summed E-state index contributed by atoms with van der Waals surface area (Å²) in [5, 5.41) is 2.82. The van der Waals surface area contributed by atoms with Crippen LogP contribution in [0.3, 0.4) is 0 Å². The predicted octanol–water partition coefficient (Wildman–Crippen LogP) is 1.38. The zero-order valence-corrected chi connectivity index (χ0v) is 10.9. The number of nitrogens with two attached hydrogens (primary N) is 1. The topological polar surface area (TPSA) is 68.0 Å². The third kappa shape index (κ3) is 4.15. The number of nitrogens with one attached hydrogen (secondary N) is 1. The van der Waals surface area contributed by atoms with Gasteiger partial charge >= 0.3 is 0 Å². The van der Waals surface area contributed by atoms with Crippen LogP contribution in [-0.2, 0) is 11.3 Å². The van der Waals surface area contributed by atoms with E-state index in [9.17, 15) is 4.79 Å². The highest BCUT2D eigenvalue weighted by Gasteiger charge is 2.26. The second-order valence-electron chi connectivity index (χ2n) is 5.37. The summed E-state index contributed by atoms with van der Waals surface area (Å²) in [6.07, 6.45) is 1.76. The number of carbonyl (C=O) groups excluding carboxylic acids is 1. The summed E-state index contributed by atoms with van der Waals surface area (Å²) in [5.41, 5.74) is 7.57. The molecule has 3 N–H and O–H groups in total. The van der Waals surface area contributed by atoms with E-state index >= 15 is 0 Å². The molecule has 0 radical (unpaired) electrons. The van der Waals surface area contributed by atoms with E-state index in [1.54, 1.807) is 6.20 Å². The number of carbonyl (C=O) groups is 1. The lowest BCUT2D eigenvalue weighted by Crippen LogP contribution is -2.48. The summed E-state index contributed by atoms with van der Waals surface area (Å²) < 4.78 is 0. The Kier molecular flexibility index (Phi) is 4.23.